The number of sulfonamides is 1. The average molecular weight is 1610 g/mol. The van der Waals surface area contributed by atoms with Crippen LogP contribution in [0, 0.1) is 17.8 Å². The lowest BCUT2D eigenvalue weighted by Crippen LogP contribution is -2.57. The minimum absolute atomic E-state index is 0.0138. The maximum Gasteiger partial charge on any atom is 0.501 e. The summed E-state index contributed by atoms with van der Waals surface area (Å²) in [5, 5.41) is 9.71. The van der Waals surface area contributed by atoms with Crippen LogP contribution in [-0.4, -0.2) is 184 Å². The number of fused-ring (bicyclic) bond motifs is 3. The van der Waals surface area contributed by atoms with E-state index in [1.807, 2.05) is 106 Å². The number of aromatic nitrogens is 1. The van der Waals surface area contributed by atoms with E-state index in [9.17, 15) is 58.8 Å². The van der Waals surface area contributed by atoms with Gasteiger partial charge in [0.05, 0.1) is 39.3 Å². The van der Waals surface area contributed by atoms with E-state index in [4.69, 9.17) is 16.3 Å². The summed E-state index contributed by atoms with van der Waals surface area (Å²) in [4.78, 5) is 96.1. The highest BCUT2D eigenvalue weighted by molar-refractivity contribution is 7.99. The quantitative estimate of drug-likeness (QED) is 0.0202. The molecule has 110 heavy (non-hydrogen) atoms. The first-order valence-electron chi connectivity index (χ1n) is 37.7. The molecular weight excluding hydrogens is 1510 g/mol. The SMILES string of the molecule is CC(=O)O[C@@H]1C[C@@H](C(=O)N[C@@H](C)c2ccc(-c3scnc3C)cc2)N(C(=O)[C@@H](NC(=O)CCCCCC(=O)N2CCN(CC[C@H](CSc3ccccc3)Nc3ccc(S(=O)(=O)NC(=O)c4ccc5c(c4)CCC4CN(CC6=C(c7ccc(Cl)cc7)CCC(C)(C)C6)CCN54)cc3S(=O)(=O)C(F)(F)F)CC2)C(C)(C)C)C1. The number of amides is 5. The lowest BCUT2D eigenvalue weighted by molar-refractivity contribution is -0.147. The van der Waals surface area contributed by atoms with Gasteiger partial charge in [-0.05, 0) is 165 Å². The molecule has 0 radical (unpaired) electrons. The molecule has 5 amide bonds. The Morgan fingerprint density at radius 2 is 1.50 bits per heavy atom. The van der Waals surface area contributed by atoms with Crippen LogP contribution in [-0.2, 0) is 55.0 Å². The zero-order valence-corrected chi connectivity index (χ0v) is 67.6. The first kappa shape index (κ1) is 83.1. The van der Waals surface area contributed by atoms with Crippen molar-refractivity contribution < 1.29 is 63.5 Å². The molecule has 6 aromatic rings. The van der Waals surface area contributed by atoms with Gasteiger partial charge in [0.2, 0.25) is 23.6 Å². The Labute approximate surface area is 657 Å². The molecule has 5 aromatic carbocycles. The van der Waals surface area contributed by atoms with Gasteiger partial charge in [0.1, 0.15) is 23.1 Å². The molecule has 0 spiro atoms. The monoisotopic (exact) mass is 1610 g/mol. The highest BCUT2D eigenvalue weighted by Gasteiger charge is 2.50. The number of nitrogens with zero attached hydrogens (tertiary/aromatic N) is 6. The van der Waals surface area contributed by atoms with Crippen LogP contribution < -0.4 is 25.6 Å². The van der Waals surface area contributed by atoms with Crippen LogP contribution in [0.4, 0.5) is 24.5 Å². The smallest absolute Gasteiger partial charge is 0.461 e. The minimum Gasteiger partial charge on any atom is -0.461 e. The maximum atomic E-state index is 14.7. The van der Waals surface area contributed by atoms with Crippen molar-refractivity contribution in [2.45, 2.75) is 189 Å². The molecule has 21 nitrogen and oxygen atoms in total. The third kappa shape index (κ3) is 20.9. The number of alkyl halides is 3. The molecule has 1 unspecified atom stereocenters. The second-order valence-corrected chi connectivity index (χ2v) is 37.4. The molecule has 4 N–H and O–H groups in total. The summed E-state index contributed by atoms with van der Waals surface area (Å²) in [6.45, 7) is 20.5. The molecule has 0 bridgehead atoms. The summed E-state index contributed by atoms with van der Waals surface area (Å²) in [7, 11) is -11.2. The van der Waals surface area contributed by atoms with Gasteiger partial charge in [-0.2, -0.15) is 13.2 Å². The van der Waals surface area contributed by atoms with Crippen molar-refractivity contribution in [2.75, 3.05) is 81.4 Å². The van der Waals surface area contributed by atoms with E-state index in [2.05, 4.69) is 61.6 Å². The Morgan fingerprint density at radius 1 is 0.800 bits per heavy atom. The van der Waals surface area contributed by atoms with Gasteiger partial charge >= 0.3 is 11.5 Å². The Balaban J connectivity index is 0.660. The van der Waals surface area contributed by atoms with Crippen LogP contribution in [0.5, 0.6) is 0 Å². The summed E-state index contributed by atoms with van der Waals surface area (Å²) < 4.78 is 107. The van der Waals surface area contributed by atoms with Gasteiger partial charge in [0, 0.05) is 124 Å². The van der Waals surface area contributed by atoms with Crippen LogP contribution in [0.2, 0.25) is 5.02 Å². The first-order valence-corrected chi connectivity index (χ1v) is 42.9. The van der Waals surface area contributed by atoms with Gasteiger partial charge < -0.3 is 35.4 Å². The van der Waals surface area contributed by atoms with E-state index < -0.39 is 100 Å². The number of thioether (sulfide) groups is 1. The van der Waals surface area contributed by atoms with E-state index in [0.717, 1.165) is 102 Å². The van der Waals surface area contributed by atoms with E-state index in [1.165, 1.54) is 46.4 Å². The Kier molecular flexibility index (Phi) is 26.8. The van der Waals surface area contributed by atoms with Crippen molar-refractivity contribution in [1.82, 2.24) is 39.9 Å². The lowest BCUT2D eigenvalue weighted by Gasteiger charge is -2.47. The summed E-state index contributed by atoms with van der Waals surface area (Å²) >= 11 is 9.20. The van der Waals surface area contributed by atoms with Crippen LogP contribution in [0.3, 0.4) is 0 Å². The molecule has 29 heteroatoms. The number of hydrogen-bond donors (Lipinski definition) is 4. The fraction of sp³-hybridized carbons (Fsp3) is 0.494. The Hall–Kier alpha value is -7.86. The van der Waals surface area contributed by atoms with E-state index >= 15 is 0 Å². The van der Waals surface area contributed by atoms with Gasteiger partial charge in [-0.3, -0.25) is 38.6 Å². The summed E-state index contributed by atoms with van der Waals surface area (Å²) in [5.41, 5.74) is 3.50. The highest BCUT2D eigenvalue weighted by atomic mass is 35.5. The number of rotatable bonds is 28. The molecule has 1 aliphatic carbocycles. The summed E-state index contributed by atoms with van der Waals surface area (Å²) in [6.07, 6.45) is 5.89. The van der Waals surface area contributed by atoms with Crippen molar-refractivity contribution in [1.29, 1.82) is 0 Å². The number of likely N-dealkylation sites (tertiary alicyclic amines) is 1. The number of thiazole rings is 1. The number of unbranched alkanes of at least 4 members (excludes halogenated alkanes) is 2. The number of esters is 1. The predicted octanol–water partition coefficient (Wildman–Crippen LogP) is 13.3. The molecule has 3 saturated heterocycles. The number of carbonyl (C=O) groups excluding carboxylic acids is 6. The number of nitrogens with one attached hydrogen (secondary N) is 4. The number of allylic oxidation sites excluding steroid dienone is 1. The second-order valence-electron chi connectivity index (χ2n) is 31.4. The zero-order chi connectivity index (χ0) is 79.0. The van der Waals surface area contributed by atoms with Crippen molar-refractivity contribution >= 4 is 107 Å². The fourth-order valence-electron chi connectivity index (χ4n) is 15.5. The standard InChI is InChI=1S/C81H100ClF3N10O11S4/c1-52(55-19-21-57(22-20-55)74-53(2)86-51-108-74)87-77(100)70-44-64(106-54(3)96)49-95(70)78(101)75(79(4,5)6)89-72(97)17-13-10-14-18-73(98)93-40-37-91(38-41-93)36-34-62(50-107-65-15-11-9-12-16-65)88-68-31-30-66(45-71(68)109(102,103)81(83,84)85)110(104,105)90-76(99)59-26-32-69-58(43-59)25-29-63-48-92(39-42-94(63)69)47-60-46-80(7,8)35-33-67(60)56-23-27-61(82)28-24-56/h9,11-12,15-16,19-24,26-28,30-32,43,45,51-52,62-64,70,75,88H,10,13-14,17-18,25,29,33-42,44,46-50H2,1-8H3,(H,87,100)(H,89,97)(H,90,99)/t52-,62+,63?,64+,70-,75+/m0/s1. The van der Waals surface area contributed by atoms with Crippen LogP contribution in [0.25, 0.3) is 16.0 Å². The molecular formula is C81H100ClF3N10O11S4. The molecule has 11 rings (SSSR count). The summed E-state index contributed by atoms with van der Waals surface area (Å²) in [5.74, 6) is -2.68. The minimum atomic E-state index is -6.20. The molecule has 5 aliphatic rings. The van der Waals surface area contributed by atoms with E-state index in [0.29, 0.717) is 75.9 Å². The van der Waals surface area contributed by atoms with Crippen LogP contribution in [0.1, 0.15) is 158 Å². The lowest BCUT2D eigenvalue weighted by atomic mass is 9.72. The van der Waals surface area contributed by atoms with Gasteiger partial charge in [-0.25, -0.2) is 26.5 Å². The number of piperazine rings is 2. The van der Waals surface area contributed by atoms with Crippen LogP contribution >= 0.6 is 34.7 Å². The van der Waals surface area contributed by atoms with Gasteiger partial charge in [-0.15, -0.1) is 23.1 Å². The number of aryl methyl sites for hydroxylation is 2. The number of sulfone groups is 1. The van der Waals surface area contributed by atoms with Crippen molar-refractivity contribution in [3.8, 4) is 10.4 Å². The molecule has 1 aromatic heterocycles. The zero-order valence-electron chi connectivity index (χ0n) is 63.6. The van der Waals surface area contributed by atoms with Crippen molar-refractivity contribution in [3.05, 3.63) is 159 Å². The molecule has 4 aliphatic heterocycles. The number of hydrogen-bond acceptors (Lipinski definition) is 18. The molecule has 6 atom stereocenters. The van der Waals surface area contributed by atoms with Crippen LogP contribution in [0.15, 0.2) is 141 Å². The number of benzene rings is 5. The molecule has 5 heterocycles. The highest BCUT2D eigenvalue weighted by Crippen LogP contribution is 2.44. The van der Waals surface area contributed by atoms with Crippen molar-refractivity contribution in [3.63, 3.8) is 0 Å². The summed E-state index contributed by atoms with van der Waals surface area (Å²) in [6, 6.07) is 29.6. The molecule has 0 saturated carbocycles. The third-order valence-electron chi connectivity index (χ3n) is 21.6. The largest absolute Gasteiger partial charge is 0.501 e. The number of halogens is 4. The number of ether oxygens (including phenoxy) is 1. The van der Waals surface area contributed by atoms with Crippen molar-refractivity contribution in [2.24, 2.45) is 10.8 Å². The van der Waals surface area contributed by atoms with Gasteiger partial charge in [0.25, 0.3) is 25.8 Å². The Morgan fingerprint density at radius 3 is 2.18 bits per heavy atom. The number of anilines is 2. The van der Waals surface area contributed by atoms with E-state index in [-0.39, 0.29) is 60.4 Å². The fourth-order valence-corrected chi connectivity index (χ4v) is 19.5. The number of carbonyl (C=O) groups is 6. The van der Waals surface area contributed by atoms with E-state index in [1.54, 1.807) is 33.9 Å². The normalized spacial score (nSPS) is 19.4. The topological polar surface area (TPSA) is 257 Å². The molecule has 592 valence electrons. The maximum absolute atomic E-state index is 14.7. The Bertz CT molecular complexity index is 4590. The molecule has 3 fully saturated rings. The first-order chi connectivity index (χ1) is 52.1. The van der Waals surface area contributed by atoms with Gasteiger partial charge in [-0.1, -0.05) is 113 Å². The average Bonchev–Trinajstić information content (AvgIpc) is 0.870. The second kappa shape index (κ2) is 35.5. The third-order valence-corrected chi connectivity index (χ3v) is 26.8. The van der Waals surface area contributed by atoms with Gasteiger partial charge in [0.15, 0.2) is 0 Å². The predicted molar refractivity (Wildman–Crippen MR) is 424 cm³/mol.